The van der Waals surface area contributed by atoms with Gasteiger partial charge in [-0.3, -0.25) is 10.00 Å². The van der Waals surface area contributed by atoms with E-state index in [2.05, 4.69) is 15.7 Å². The summed E-state index contributed by atoms with van der Waals surface area (Å²) in [4.78, 5) is 12.3. The van der Waals surface area contributed by atoms with Crippen LogP contribution in [0.25, 0.3) is 0 Å². The number of aromatic nitrogens is 2. The Balaban J connectivity index is 1.54. The number of aryl methyl sites for hydroxylation is 1. The van der Waals surface area contributed by atoms with E-state index in [1.807, 2.05) is 30.3 Å². The number of methoxy groups -OCH3 is 1. The second-order valence-electron chi connectivity index (χ2n) is 6.83. The summed E-state index contributed by atoms with van der Waals surface area (Å²) in [5, 5.41) is 10.1. The molecule has 1 aromatic carbocycles. The Kier molecular flexibility index (Phi) is 6.70. The zero-order chi connectivity index (χ0) is 19.1. The minimum atomic E-state index is -0.271. The molecule has 3 rings (SSSR count). The number of urea groups is 1. The number of rotatable bonds is 8. The molecule has 2 aromatic rings. The molecule has 7 nitrogen and oxygen atoms in total. The van der Waals surface area contributed by atoms with Gasteiger partial charge in [0.1, 0.15) is 11.6 Å². The number of amides is 2. The Morgan fingerprint density at radius 2 is 2.07 bits per heavy atom. The van der Waals surface area contributed by atoms with Gasteiger partial charge in [-0.05, 0) is 31.7 Å². The quantitative estimate of drug-likeness (QED) is 0.746. The third-order valence-electron chi connectivity index (χ3n) is 4.74. The summed E-state index contributed by atoms with van der Waals surface area (Å²) in [6.45, 7) is 1.00. The van der Waals surface area contributed by atoms with Crippen LogP contribution in [0.5, 0.6) is 5.75 Å². The summed E-state index contributed by atoms with van der Waals surface area (Å²) in [6.07, 6.45) is 5.66. The first-order valence-electron chi connectivity index (χ1n) is 9.47. The molecule has 1 heterocycles. The molecule has 0 saturated heterocycles. The maximum atomic E-state index is 12.3. The van der Waals surface area contributed by atoms with Crippen LogP contribution in [0.3, 0.4) is 0 Å². The van der Waals surface area contributed by atoms with Crippen molar-refractivity contribution in [3.05, 3.63) is 41.6 Å². The van der Waals surface area contributed by atoms with Crippen LogP contribution in [0.15, 0.2) is 30.3 Å². The van der Waals surface area contributed by atoms with Crippen molar-refractivity contribution in [1.29, 1.82) is 0 Å². The van der Waals surface area contributed by atoms with Gasteiger partial charge in [0.15, 0.2) is 0 Å². The largest absolute Gasteiger partial charge is 0.490 e. The molecule has 1 aliphatic rings. The molecule has 0 unspecified atom stereocenters. The lowest BCUT2D eigenvalue weighted by Crippen LogP contribution is -2.29. The van der Waals surface area contributed by atoms with Gasteiger partial charge in [0.05, 0.1) is 18.4 Å². The molecule has 1 fully saturated rings. The van der Waals surface area contributed by atoms with Crippen molar-refractivity contribution in [3.8, 4) is 5.75 Å². The SMILES string of the molecule is COCCc1cc(NC(=O)NCc2ccccc2OC2CCCC2)n(C)n1. The number of benzene rings is 1. The summed E-state index contributed by atoms with van der Waals surface area (Å²) in [7, 11) is 3.46. The molecule has 2 N–H and O–H groups in total. The number of ether oxygens (including phenoxy) is 2. The van der Waals surface area contributed by atoms with Crippen LogP contribution in [0.1, 0.15) is 36.9 Å². The van der Waals surface area contributed by atoms with Crippen LogP contribution >= 0.6 is 0 Å². The van der Waals surface area contributed by atoms with Gasteiger partial charge in [-0.15, -0.1) is 0 Å². The molecule has 0 aliphatic heterocycles. The molecule has 1 saturated carbocycles. The van der Waals surface area contributed by atoms with E-state index in [0.29, 0.717) is 31.5 Å². The van der Waals surface area contributed by atoms with Gasteiger partial charge in [-0.1, -0.05) is 18.2 Å². The summed E-state index contributed by atoms with van der Waals surface area (Å²) in [5.41, 5.74) is 1.86. The highest BCUT2D eigenvalue weighted by molar-refractivity contribution is 5.88. The van der Waals surface area contributed by atoms with E-state index in [1.165, 1.54) is 12.8 Å². The van der Waals surface area contributed by atoms with Gasteiger partial charge in [-0.2, -0.15) is 5.10 Å². The minimum absolute atomic E-state index is 0.271. The predicted octanol–water partition coefficient (Wildman–Crippen LogP) is 3.25. The lowest BCUT2D eigenvalue weighted by Gasteiger charge is -2.17. The Labute approximate surface area is 160 Å². The highest BCUT2D eigenvalue weighted by atomic mass is 16.5. The van der Waals surface area contributed by atoms with E-state index in [-0.39, 0.29) is 6.03 Å². The third kappa shape index (κ3) is 5.47. The number of carbonyl (C=O) groups is 1. The molecule has 27 heavy (non-hydrogen) atoms. The number of carbonyl (C=O) groups excluding carboxylic acids is 1. The topological polar surface area (TPSA) is 77.4 Å². The van der Waals surface area contributed by atoms with Gasteiger partial charge in [-0.25, -0.2) is 4.79 Å². The van der Waals surface area contributed by atoms with E-state index in [9.17, 15) is 4.79 Å². The molecule has 1 aliphatic carbocycles. The standard InChI is InChI=1S/C20H28N4O3/c1-24-19(13-16(23-24)11-12-26-2)22-20(25)21-14-15-7-3-6-10-18(15)27-17-8-4-5-9-17/h3,6-7,10,13,17H,4-5,8-9,11-12,14H2,1-2H3,(H2,21,22,25). The Morgan fingerprint density at radius 1 is 1.30 bits per heavy atom. The van der Waals surface area contributed by atoms with Gasteiger partial charge >= 0.3 is 6.03 Å². The number of nitrogens with one attached hydrogen (secondary N) is 2. The lowest BCUT2D eigenvalue weighted by molar-refractivity contribution is 0.201. The van der Waals surface area contributed by atoms with Crippen LogP contribution in [0, 0.1) is 0 Å². The van der Waals surface area contributed by atoms with E-state index < -0.39 is 0 Å². The van der Waals surface area contributed by atoms with Crippen molar-refractivity contribution in [2.75, 3.05) is 19.0 Å². The number of anilines is 1. The maximum absolute atomic E-state index is 12.3. The molecule has 0 radical (unpaired) electrons. The first-order valence-corrected chi connectivity index (χ1v) is 9.47. The number of hydrogen-bond acceptors (Lipinski definition) is 4. The zero-order valence-electron chi connectivity index (χ0n) is 16.0. The number of nitrogens with zero attached hydrogens (tertiary/aromatic N) is 2. The molecule has 0 bridgehead atoms. The zero-order valence-corrected chi connectivity index (χ0v) is 16.0. The first kappa shape index (κ1) is 19.2. The van der Waals surface area contributed by atoms with E-state index in [0.717, 1.165) is 29.8 Å². The maximum Gasteiger partial charge on any atom is 0.320 e. The second-order valence-corrected chi connectivity index (χ2v) is 6.83. The van der Waals surface area contributed by atoms with Crippen LogP contribution in [0.4, 0.5) is 10.6 Å². The van der Waals surface area contributed by atoms with Crippen molar-refractivity contribution in [2.24, 2.45) is 7.05 Å². The molecule has 7 heteroatoms. The lowest BCUT2D eigenvalue weighted by atomic mass is 10.2. The molecular weight excluding hydrogens is 344 g/mol. The number of para-hydroxylation sites is 1. The first-order chi connectivity index (χ1) is 13.2. The van der Waals surface area contributed by atoms with E-state index in [4.69, 9.17) is 9.47 Å². The fourth-order valence-corrected chi connectivity index (χ4v) is 3.26. The minimum Gasteiger partial charge on any atom is -0.490 e. The van der Waals surface area contributed by atoms with Crippen LogP contribution < -0.4 is 15.4 Å². The van der Waals surface area contributed by atoms with Crippen molar-refractivity contribution in [2.45, 2.75) is 44.8 Å². The summed E-state index contributed by atoms with van der Waals surface area (Å²) in [6, 6.07) is 9.46. The van der Waals surface area contributed by atoms with Gasteiger partial charge in [0.2, 0.25) is 0 Å². The smallest absolute Gasteiger partial charge is 0.320 e. The average molecular weight is 372 g/mol. The predicted molar refractivity (Wildman–Crippen MR) is 104 cm³/mol. The van der Waals surface area contributed by atoms with Crippen LogP contribution in [-0.2, 0) is 24.8 Å². The average Bonchev–Trinajstić information content (AvgIpc) is 3.29. The summed E-state index contributed by atoms with van der Waals surface area (Å²) in [5.74, 6) is 1.50. The van der Waals surface area contributed by atoms with Gasteiger partial charge in [0, 0.05) is 38.8 Å². The molecular formula is C20H28N4O3. The molecule has 2 amide bonds. The molecule has 1 aromatic heterocycles. The summed E-state index contributed by atoms with van der Waals surface area (Å²) >= 11 is 0. The fourth-order valence-electron chi connectivity index (χ4n) is 3.26. The molecule has 146 valence electrons. The normalized spacial score (nSPS) is 14.3. The Bertz CT molecular complexity index is 753. The van der Waals surface area contributed by atoms with Crippen LogP contribution in [-0.4, -0.2) is 35.6 Å². The Hall–Kier alpha value is -2.54. The molecule has 0 atom stereocenters. The monoisotopic (exact) mass is 372 g/mol. The van der Waals surface area contributed by atoms with Crippen molar-refractivity contribution < 1.29 is 14.3 Å². The summed E-state index contributed by atoms with van der Waals surface area (Å²) < 4.78 is 12.8. The van der Waals surface area contributed by atoms with E-state index >= 15 is 0 Å². The van der Waals surface area contributed by atoms with E-state index in [1.54, 1.807) is 18.8 Å². The van der Waals surface area contributed by atoms with Crippen molar-refractivity contribution in [1.82, 2.24) is 15.1 Å². The fraction of sp³-hybridized carbons (Fsp3) is 0.500. The Morgan fingerprint density at radius 3 is 2.85 bits per heavy atom. The third-order valence-corrected chi connectivity index (χ3v) is 4.74. The van der Waals surface area contributed by atoms with Crippen molar-refractivity contribution >= 4 is 11.8 Å². The van der Waals surface area contributed by atoms with Crippen LogP contribution in [0.2, 0.25) is 0 Å². The highest BCUT2D eigenvalue weighted by Crippen LogP contribution is 2.26. The molecule has 0 spiro atoms. The number of hydrogen-bond donors (Lipinski definition) is 2. The van der Waals surface area contributed by atoms with Gasteiger partial charge < -0.3 is 14.8 Å². The second kappa shape index (κ2) is 9.41. The van der Waals surface area contributed by atoms with Crippen molar-refractivity contribution in [3.63, 3.8) is 0 Å². The highest BCUT2D eigenvalue weighted by Gasteiger charge is 2.18. The van der Waals surface area contributed by atoms with Gasteiger partial charge in [0.25, 0.3) is 0 Å².